The summed E-state index contributed by atoms with van der Waals surface area (Å²) < 4.78 is 92.0. The number of hydrogen-bond acceptors (Lipinski definition) is 6. The van der Waals surface area contributed by atoms with Crippen LogP contribution in [0.25, 0.3) is 0 Å². The number of benzene rings is 2. The fourth-order valence-corrected chi connectivity index (χ4v) is 3.33. The maximum absolute atomic E-state index is 15.7. The Morgan fingerprint density at radius 2 is 1.63 bits per heavy atom. The minimum Gasteiger partial charge on any atom is -0.487 e. The molecule has 0 saturated carbocycles. The molecule has 0 aliphatic carbocycles. The summed E-state index contributed by atoms with van der Waals surface area (Å²) in [6.45, 7) is -1.34. The van der Waals surface area contributed by atoms with E-state index in [0.29, 0.717) is 18.2 Å². The van der Waals surface area contributed by atoms with Crippen LogP contribution < -0.4 is 4.74 Å². The number of hydrogen-bond donors (Lipinski definition) is 1. The number of ether oxygens (including phenoxy) is 1. The standard InChI is InChI=1S/C22H15F6N5O2/c23-14-2-1-13(18(25)7-14)10-35-16-4-6-20(29-9-16)22(27,28)21(34,11-33-12-30-31-32-33)17-5-3-15(24)8-19(17)26/h1-9,12,34H,10-11H2. The molecule has 4 rings (SSSR count). The average molecular weight is 495 g/mol. The number of aromatic nitrogens is 5. The Labute approximate surface area is 193 Å². The van der Waals surface area contributed by atoms with E-state index in [2.05, 4.69) is 20.5 Å². The fraction of sp³-hybridized carbons (Fsp3) is 0.182. The summed E-state index contributed by atoms with van der Waals surface area (Å²) in [6, 6.07) is 6.53. The molecular weight excluding hydrogens is 480 g/mol. The highest BCUT2D eigenvalue weighted by atomic mass is 19.3. The van der Waals surface area contributed by atoms with Crippen LogP contribution in [0.1, 0.15) is 16.8 Å². The molecule has 0 aliphatic heterocycles. The first kappa shape index (κ1) is 24.1. The Kier molecular flexibility index (Phi) is 6.43. The highest BCUT2D eigenvalue weighted by Gasteiger charge is 2.58. The first-order valence-electron chi connectivity index (χ1n) is 9.90. The Balaban J connectivity index is 1.63. The van der Waals surface area contributed by atoms with Gasteiger partial charge in [-0.2, -0.15) is 8.78 Å². The van der Waals surface area contributed by atoms with Crippen LogP contribution in [0.3, 0.4) is 0 Å². The molecule has 0 aliphatic rings. The predicted octanol–water partition coefficient (Wildman–Crippen LogP) is 3.88. The van der Waals surface area contributed by atoms with Crippen molar-refractivity contribution >= 4 is 0 Å². The van der Waals surface area contributed by atoms with Gasteiger partial charge in [-0.05, 0) is 46.8 Å². The third-order valence-corrected chi connectivity index (χ3v) is 5.15. The fourth-order valence-electron chi connectivity index (χ4n) is 3.33. The van der Waals surface area contributed by atoms with Crippen molar-refractivity contribution in [3.63, 3.8) is 0 Å². The van der Waals surface area contributed by atoms with Gasteiger partial charge in [-0.3, -0.25) is 4.98 Å². The lowest BCUT2D eigenvalue weighted by Crippen LogP contribution is -2.48. The van der Waals surface area contributed by atoms with Gasteiger partial charge in [-0.25, -0.2) is 22.2 Å². The number of tetrazole rings is 1. The van der Waals surface area contributed by atoms with Crippen LogP contribution >= 0.6 is 0 Å². The monoisotopic (exact) mass is 495 g/mol. The van der Waals surface area contributed by atoms with Crippen molar-refractivity contribution in [1.82, 2.24) is 25.2 Å². The minimum atomic E-state index is -4.24. The first-order valence-corrected chi connectivity index (χ1v) is 9.90. The molecule has 1 N–H and O–H groups in total. The van der Waals surface area contributed by atoms with Crippen molar-refractivity contribution in [2.45, 2.75) is 24.7 Å². The zero-order valence-corrected chi connectivity index (χ0v) is 17.5. The van der Waals surface area contributed by atoms with Gasteiger partial charge in [-0.15, -0.1) is 5.10 Å². The van der Waals surface area contributed by atoms with Crippen molar-refractivity contribution in [1.29, 1.82) is 0 Å². The number of alkyl halides is 2. The van der Waals surface area contributed by atoms with E-state index in [1.54, 1.807) is 0 Å². The van der Waals surface area contributed by atoms with Crippen LogP contribution in [0.15, 0.2) is 61.1 Å². The molecule has 35 heavy (non-hydrogen) atoms. The van der Waals surface area contributed by atoms with E-state index in [0.717, 1.165) is 47.5 Å². The molecular formula is C22H15F6N5O2. The molecule has 0 spiro atoms. The quantitative estimate of drug-likeness (QED) is 0.374. The Morgan fingerprint density at radius 1 is 0.914 bits per heavy atom. The number of pyridine rings is 1. The van der Waals surface area contributed by atoms with Gasteiger partial charge in [0.1, 0.15) is 47.6 Å². The molecule has 2 aromatic heterocycles. The second-order valence-corrected chi connectivity index (χ2v) is 7.47. The Bertz CT molecular complexity index is 1320. The van der Waals surface area contributed by atoms with Crippen LogP contribution in [-0.4, -0.2) is 30.3 Å². The summed E-state index contributed by atoms with van der Waals surface area (Å²) in [7, 11) is 0. The summed E-state index contributed by atoms with van der Waals surface area (Å²) in [5, 5.41) is 21.1. The normalized spacial score (nSPS) is 13.5. The third-order valence-electron chi connectivity index (χ3n) is 5.15. The van der Waals surface area contributed by atoms with Crippen LogP contribution in [0.2, 0.25) is 0 Å². The zero-order chi connectivity index (χ0) is 25.2. The van der Waals surface area contributed by atoms with E-state index in [1.165, 1.54) is 0 Å². The second kappa shape index (κ2) is 9.33. The van der Waals surface area contributed by atoms with Crippen molar-refractivity contribution in [3.8, 4) is 5.75 Å². The van der Waals surface area contributed by atoms with Crippen molar-refractivity contribution in [3.05, 3.63) is 101 Å². The van der Waals surface area contributed by atoms with Gasteiger partial charge < -0.3 is 9.84 Å². The lowest BCUT2D eigenvalue weighted by molar-refractivity contribution is -0.207. The first-order chi connectivity index (χ1) is 16.6. The summed E-state index contributed by atoms with van der Waals surface area (Å²) in [5.41, 5.74) is -5.15. The van der Waals surface area contributed by atoms with E-state index >= 15 is 8.78 Å². The summed E-state index contributed by atoms with van der Waals surface area (Å²) >= 11 is 0. The largest absolute Gasteiger partial charge is 0.487 e. The average Bonchev–Trinajstić information content (AvgIpc) is 3.31. The van der Waals surface area contributed by atoms with Gasteiger partial charge in [0.05, 0.1) is 12.7 Å². The molecule has 2 heterocycles. The topological polar surface area (TPSA) is 86.0 Å². The molecule has 7 nitrogen and oxygen atoms in total. The molecule has 0 amide bonds. The molecule has 1 unspecified atom stereocenters. The Hall–Kier alpha value is -4.00. The summed E-state index contributed by atoms with van der Waals surface area (Å²) in [4.78, 5) is 3.62. The molecule has 4 aromatic rings. The minimum absolute atomic E-state index is 0.0170. The molecule has 2 aromatic carbocycles. The maximum Gasteiger partial charge on any atom is 0.323 e. The van der Waals surface area contributed by atoms with Crippen LogP contribution in [0, 0.1) is 23.3 Å². The molecule has 0 fully saturated rings. The highest BCUT2D eigenvalue weighted by molar-refractivity contribution is 5.32. The smallest absolute Gasteiger partial charge is 0.323 e. The SMILES string of the molecule is OC(Cn1cnnn1)(c1ccc(F)cc1F)C(F)(F)c1ccc(OCc2ccc(F)cc2F)cn1. The van der Waals surface area contributed by atoms with E-state index in [1.807, 2.05) is 0 Å². The summed E-state index contributed by atoms with van der Waals surface area (Å²) in [6.07, 6.45) is 1.82. The summed E-state index contributed by atoms with van der Waals surface area (Å²) in [5.74, 6) is -8.34. The second-order valence-electron chi connectivity index (χ2n) is 7.47. The molecule has 0 saturated heterocycles. The van der Waals surface area contributed by atoms with Crippen molar-refractivity contribution in [2.75, 3.05) is 0 Å². The van der Waals surface area contributed by atoms with Gasteiger partial charge in [0.15, 0.2) is 5.60 Å². The third kappa shape index (κ3) is 4.80. The van der Waals surface area contributed by atoms with Crippen molar-refractivity contribution < 1.29 is 36.2 Å². The Morgan fingerprint density at radius 3 is 2.23 bits per heavy atom. The molecule has 0 bridgehead atoms. The van der Waals surface area contributed by atoms with E-state index in [9.17, 15) is 22.7 Å². The molecule has 0 radical (unpaired) electrons. The van der Waals surface area contributed by atoms with Gasteiger partial charge in [0.2, 0.25) is 0 Å². The van der Waals surface area contributed by atoms with Crippen molar-refractivity contribution in [2.24, 2.45) is 0 Å². The molecule has 1 atom stereocenters. The maximum atomic E-state index is 15.7. The highest BCUT2D eigenvalue weighted by Crippen LogP contribution is 2.46. The number of nitrogens with zero attached hydrogens (tertiary/aromatic N) is 5. The van der Waals surface area contributed by atoms with E-state index in [-0.39, 0.29) is 17.9 Å². The molecule has 182 valence electrons. The van der Waals surface area contributed by atoms with E-state index < -0.39 is 52.6 Å². The van der Waals surface area contributed by atoms with Gasteiger partial charge in [0, 0.05) is 23.3 Å². The van der Waals surface area contributed by atoms with Gasteiger partial charge >= 0.3 is 5.92 Å². The lowest BCUT2D eigenvalue weighted by atomic mass is 9.84. The zero-order valence-electron chi connectivity index (χ0n) is 17.5. The van der Waals surface area contributed by atoms with Gasteiger partial charge in [0.25, 0.3) is 0 Å². The van der Waals surface area contributed by atoms with Crippen LogP contribution in [0.4, 0.5) is 26.3 Å². The van der Waals surface area contributed by atoms with E-state index in [4.69, 9.17) is 4.74 Å². The van der Waals surface area contributed by atoms with Crippen LogP contribution in [0.5, 0.6) is 5.75 Å². The predicted molar refractivity (Wildman–Crippen MR) is 107 cm³/mol. The lowest BCUT2D eigenvalue weighted by Gasteiger charge is -2.35. The van der Waals surface area contributed by atoms with Gasteiger partial charge in [-0.1, -0.05) is 0 Å². The number of aliphatic hydroxyl groups is 1. The number of halogens is 6. The van der Waals surface area contributed by atoms with Crippen LogP contribution in [-0.2, 0) is 24.7 Å². The molecule has 13 heteroatoms. The number of rotatable bonds is 8.